The third kappa shape index (κ3) is 2.90. The summed E-state index contributed by atoms with van der Waals surface area (Å²) >= 11 is 3.56. The fraction of sp³-hybridized carbons (Fsp3) is 0.333. The van der Waals surface area contributed by atoms with Gasteiger partial charge in [0.2, 0.25) is 0 Å². The lowest BCUT2D eigenvalue weighted by molar-refractivity contribution is 0.610. The van der Waals surface area contributed by atoms with Crippen LogP contribution < -0.4 is 5.32 Å². The number of benzene rings is 2. The fourth-order valence-electron chi connectivity index (χ4n) is 3.04. The Morgan fingerprint density at radius 2 is 1.95 bits per heavy atom. The SMILES string of the molecule is CCc1cc(Br)ccc1NC1CCc2ccccc2C1. The van der Waals surface area contributed by atoms with Crippen LogP contribution in [0.4, 0.5) is 5.69 Å². The zero-order valence-corrected chi connectivity index (χ0v) is 13.4. The molecule has 0 fully saturated rings. The van der Waals surface area contributed by atoms with Gasteiger partial charge in [-0.05, 0) is 60.6 Å². The maximum Gasteiger partial charge on any atom is 0.0375 e. The predicted molar refractivity (Wildman–Crippen MR) is 89.4 cm³/mol. The highest BCUT2D eigenvalue weighted by molar-refractivity contribution is 9.10. The number of anilines is 1. The normalized spacial score (nSPS) is 17.6. The molecule has 0 radical (unpaired) electrons. The summed E-state index contributed by atoms with van der Waals surface area (Å²) in [5, 5.41) is 3.75. The van der Waals surface area contributed by atoms with Crippen LogP contribution in [0.25, 0.3) is 0 Å². The van der Waals surface area contributed by atoms with Crippen LogP contribution in [0.15, 0.2) is 46.9 Å². The van der Waals surface area contributed by atoms with Gasteiger partial charge in [-0.1, -0.05) is 47.1 Å². The van der Waals surface area contributed by atoms with Gasteiger partial charge in [0.05, 0.1) is 0 Å². The van der Waals surface area contributed by atoms with Crippen molar-refractivity contribution in [3.8, 4) is 0 Å². The largest absolute Gasteiger partial charge is 0.382 e. The maximum atomic E-state index is 3.75. The summed E-state index contributed by atoms with van der Waals surface area (Å²) in [6.07, 6.45) is 4.60. The number of aryl methyl sites for hydroxylation is 2. The Balaban J connectivity index is 1.77. The average Bonchev–Trinajstić information content (AvgIpc) is 2.49. The summed E-state index contributed by atoms with van der Waals surface area (Å²) in [5.74, 6) is 0. The van der Waals surface area contributed by atoms with E-state index >= 15 is 0 Å². The highest BCUT2D eigenvalue weighted by Crippen LogP contribution is 2.27. The first-order chi connectivity index (χ1) is 9.76. The van der Waals surface area contributed by atoms with Crippen LogP contribution >= 0.6 is 15.9 Å². The van der Waals surface area contributed by atoms with Crippen molar-refractivity contribution in [2.75, 3.05) is 5.32 Å². The van der Waals surface area contributed by atoms with Crippen LogP contribution in [0.1, 0.15) is 30.0 Å². The van der Waals surface area contributed by atoms with Crippen molar-refractivity contribution in [2.24, 2.45) is 0 Å². The molecule has 0 bridgehead atoms. The Bertz CT molecular complexity index is 606. The molecule has 1 nitrogen and oxygen atoms in total. The molecule has 2 heteroatoms. The summed E-state index contributed by atoms with van der Waals surface area (Å²) in [4.78, 5) is 0. The van der Waals surface area contributed by atoms with Crippen molar-refractivity contribution in [1.29, 1.82) is 0 Å². The summed E-state index contributed by atoms with van der Waals surface area (Å²) in [6.45, 7) is 2.21. The minimum absolute atomic E-state index is 0.552. The second-order valence-corrected chi connectivity index (χ2v) is 6.42. The second-order valence-electron chi connectivity index (χ2n) is 5.51. The van der Waals surface area contributed by atoms with E-state index in [0.29, 0.717) is 6.04 Å². The molecule has 0 amide bonds. The Morgan fingerprint density at radius 1 is 1.15 bits per heavy atom. The summed E-state index contributed by atoms with van der Waals surface area (Å²) < 4.78 is 1.16. The topological polar surface area (TPSA) is 12.0 Å². The molecular formula is C18H20BrN. The van der Waals surface area contributed by atoms with E-state index < -0.39 is 0 Å². The quantitative estimate of drug-likeness (QED) is 0.837. The van der Waals surface area contributed by atoms with E-state index in [0.717, 1.165) is 17.3 Å². The van der Waals surface area contributed by atoms with Gasteiger partial charge in [-0.15, -0.1) is 0 Å². The zero-order valence-electron chi connectivity index (χ0n) is 11.8. The Labute approximate surface area is 129 Å². The monoisotopic (exact) mass is 329 g/mol. The maximum absolute atomic E-state index is 3.75. The molecule has 2 aromatic carbocycles. The van der Waals surface area contributed by atoms with Crippen LogP contribution in [0.2, 0.25) is 0 Å². The van der Waals surface area contributed by atoms with Gasteiger partial charge in [0, 0.05) is 16.2 Å². The molecule has 1 N–H and O–H groups in total. The smallest absolute Gasteiger partial charge is 0.0375 e. The van der Waals surface area contributed by atoms with Crippen LogP contribution in [-0.2, 0) is 19.3 Å². The minimum atomic E-state index is 0.552. The highest BCUT2D eigenvalue weighted by atomic mass is 79.9. The summed E-state index contributed by atoms with van der Waals surface area (Å²) in [6, 6.07) is 15.9. The molecule has 104 valence electrons. The Hall–Kier alpha value is -1.28. The molecular weight excluding hydrogens is 310 g/mol. The summed E-state index contributed by atoms with van der Waals surface area (Å²) in [5.41, 5.74) is 5.71. The number of fused-ring (bicyclic) bond motifs is 1. The van der Waals surface area contributed by atoms with Gasteiger partial charge >= 0.3 is 0 Å². The molecule has 0 spiro atoms. The fourth-order valence-corrected chi connectivity index (χ4v) is 3.44. The van der Waals surface area contributed by atoms with Gasteiger partial charge in [0.15, 0.2) is 0 Å². The molecule has 1 aliphatic carbocycles. The molecule has 3 rings (SSSR count). The predicted octanol–water partition coefficient (Wildman–Crippen LogP) is 4.98. The van der Waals surface area contributed by atoms with Gasteiger partial charge in [-0.25, -0.2) is 0 Å². The van der Waals surface area contributed by atoms with E-state index in [1.54, 1.807) is 0 Å². The van der Waals surface area contributed by atoms with Gasteiger partial charge in [0.25, 0.3) is 0 Å². The Kier molecular flexibility index (Phi) is 4.11. The number of hydrogen-bond acceptors (Lipinski definition) is 1. The van der Waals surface area contributed by atoms with Crippen molar-refractivity contribution in [1.82, 2.24) is 0 Å². The standard InChI is InChI=1S/C18H20BrN/c1-2-13-11-16(19)8-10-18(13)20-17-9-7-14-5-3-4-6-15(14)12-17/h3-6,8,10-11,17,20H,2,7,9,12H2,1H3. The molecule has 20 heavy (non-hydrogen) atoms. The van der Waals surface area contributed by atoms with Crippen molar-refractivity contribution in [3.05, 3.63) is 63.6 Å². The number of nitrogens with one attached hydrogen (secondary N) is 1. The molecule has 1 atom stereocenters. The lowest BCUT2D eigenvalue weighted by Gasteiger charge is -2.27. The van der Waals surface area contributed by atoms with Crippen molar-refractivity contribution in [3.63, 3.8) is 0 Å². The first kappa shape index (κ1) is 13.7. The van der Waals surface area contributed by atoms with Crippen molar-refractivity contribution >= 4 is 21.6 Å². The van der Waals surface area contributed by atoms with Crippen molar-refractivity contribution in [2.45, 2.75) is 38.6 Å². The molecule has 0 aliphatic heterocycles. The molecule has 0 saturated carbocycles. The van der Waals surface area contributed by atoms with Gasteiger partial charge in [-0.3, -0.25) is 0 Å². The third-order valence-electron chi connectivity index (χ3n) is 4.15. The minimum Gasteiger partial charge on any atom is -0.382 e. The Morgan fingerprint density at radius 3 is 2.75 bits per heavy atom. The third-order valence-corrected chi connectivity index (χ3v) is 4.65. The van der Waals surface area contributed by atoms with Crippen LogP contribution in [-0.4, -0.2) is 6.04 Å². The van der Waals surface area contributed by atoms with Gasteiger partial charge in [-0.2, -0.15) is 0 Å². The lowest BCUT2D eigenvalue weighted by Crippen LogP contribution is -2.27. The van der Waals surface area contributed by atoms with E-state index in [2.05, 4.69) is 70.6 Å². The first-order valence-corrected chi connectivity index (χ1v) is 8.17. The highest BCUT2D eigenvalue weighted by Gasteiger charge is 2.18. The number of rotatable bonds is 3. The van der Waals surface area contributed by atoms with Crippen LogP contribution in [0.3, 0.4) is 0 Å². The average molecular weight is 330 g/mol. The molecule has 0 saturated heterocycles. The van der Waals surface area contributed by atoms with Crippen LogP contribution in [0, 0.1) is 0 Å². The van der Waals surface area contributed by atoms with Crippen molar-refractivity contribution < 1.29 is 0 Å². The van der Waals surface area contributed by atoms with Gasteiger partial charge in [0.1, 0.15) is 0 Å². The van der Waals surface area contributed by atoms with E-state index in [1.165, 1.54) is 35.2 Å². The van der Waals surface area contributed by atoms with Gasteiger partial charge < -0.3 is 5.32 Å². The molecule has 0 aromatic heterocycles. The second kappa shape index (κ2) is 6.01. The number of hydrogen-bond donors (Lipinski definition) is 1. The van der Waals surface area contributed by atoms with E-state index in [-0.39, 0.29) is 0 Å². The van der Waals surface area contributed by atoms with Crippen LogP contribution in [0.5, 0.6) is 0 Å². The molecule has 1 unspecified atom stereocenters. The molecule has 1 aliphatic rings. The summed E-state index contributed by atoms with van der Waals surface area (Å²) in [7, 11) is 0. The zero-order chi connectivity index (χ0) is 13.9. The number of halogens is 1. The van der Waals surface area contributed by atoms with E-state index in [1.807, 2.05) is 0 Å². The molecule has 2 aromatic rings. The van der Waals surface area contributed by atoms with E-state index in [4.69, 9.17) is 0 Å². The lowest BCUT2D eigenvalue weighted by atomic mass is 9.88. The molecule has 0 heterocycles. The van der Waals surface area contributed by atoms with E-state index in [9.17, 15) is 0 Å². The first-order valence-electron chi connectivity index (χ1n) is 7.38.